The van der Waals surface area contributed by atoms with E-state index in [0.29, 0.717) is 5.69 Å². The molecule has 0 radical (unpaired) electrons. The number of benzene rings is 1. The van der Waals surface area contributed by atoms with E-state index >= 15 is 0 Å². The second kappa shape index (κ2) is 4.32. The number of anilines is 1. The van der Waals surface area contributed by atoms with Gasteiger partial charge in [0.05, 0.1) is 18.2 Å². The fourth-order valence-electron chi connectivity index (χ4n) is 1.77. The van der Waals surface area contributed by atoms with Gasteiger partial charge in [-0.3, -0.25) is 9.69 Å². The quantitative estimate of drug-likeness (QED) is 0.824. The first-order chi connectivity index (χ1) is 8.08. The van der Waals surface area contributed by atoms with Gasteiger partial charge in [0.15, 0.2) is 0 Å². The van der Waals surface area contributed by atoms with Gasteiger partial charge in [-0.15, -0.1) is 0 Å². The van der Waals surface area contributed by atoms with Crippen molar-refractivity contribution in [2.24, 2.45) is 0 Å². The van der Waals surface area contributed by atoms with E-state index in [0.717, 1.165) is 0 Å². The number of carbonyl (C=O) groups excluding carboxylic acids is 1. The standard InChI is InChI=1S/C11H11NO5/c13-9-3-1-2-7(4-9)12-8(5-10(14)15)6-17-11(12)16/h1-4,8,13H,5-6H2,(H,14,15). The lowest BCUT2D eigenvalue weighted by molar-refractivity contribution is -0.137. The van der Waals surface area contributed by atoms with Crippen LogP contribution in [-0.2, 0) is 9.53 Å². The van der Waals surface area contributed by atoms with E-state index in [1.54, 1.807) is 12.1 Å². The van der Waals surface area contributed by atoms with E-state index in [1.807, 2.05) is 0 Å². The minimum Gasteiger partial charge on any atom is -0.508 e. The summed E-state index contributed by atoms with van der Waals surface area (Å²) in [5, 5.41) is 18.1. The van der Waals surface area contributed by atoms with Crippen LogP contribution in [0.4, 0.5) is 10.5 Å². The number of carboxylic acid groups (broad SMARTS) is 1. The Bertz CT molecular complexity index is 459. The summed E-state index contributed by atoms with van der Waals surface area (Å²) in [6.07, 6.45) is -0.789. The molecule has 1 atom stereocenters. The Kier molecular flexibility index (Phi) is 2.86. The molecular formula is C11H11NO5. The van der Waals surface area contributed by atoms with Crippen molar-refractivity contribution < 1.29 is 24.5 Å². The molecule has 0 spiro atoms. The van der Waals surface area contributed by atoms with Gasteiger partial charge in [0.25, 0.3) is 0 Å². The van der Waals surface area contributed by atoms with Crippen LogP contribution in [0.5, 0.6) is 5.75 Å². The summed E-state index contributed by atoms with van der Waals surface area (Å²) >= 11 is 0. The highest BCUT2D eigenvalue weighted by atomic mass is 16.6. The minimum atomic E-state index is -1.00. The molecule has 1 aliphatic heterocycles. The first-order valence-electron chi connectivity index (χ1n) is 5.05. The Morgan fingerprint density at radius 1 is 1.53 bits per heavy atom. The van der Waals surface area contributed by atoms with Gasteiger partial charge in [0.1, 0.15) is 12.4 Å². The molecule has 1 aromatic rings. The number of aliphatic carboxylic acids is 1. The summed E-state index contributed by atoms with van der Waals surface area (Å²) in [5.41, 5.74) is 0.429. The topological polar surface area (TPSA) is 87.1 Å². The van der Waals surface area contributed by atoms with E-state index in [1.165, 1.54) is 17.0 Å². The SMILES string of the molecule is O=C(O)CC1COC(=O)N1c1cccc(O)c1. The molecule has 1 amide bonds. The Labute approximate surface area is 97.0 Å². The predicted octanol–water partition coefficient (Wildman–Crippen LogP) is 1.19. The largest absolute Gasteiger partial charge is 0.508 e. The van der Waals surface area contributed by atoms with Gasteiger partial charge in [-0.2, -0.15) is 0 Å². The number of phenols is 1. The normalized spacial score (nSPS) is 19.2. The molecule has 6 heteroatoms. The van der Waals surface area contributed by atoms with Crippen molar-refractivity contribution in [2.45, 2.75) is 12.5 Å². The zero-order chi connectivity index (χ0) is 12.4. The number of cyclic esters (lactones) is 1. The summed E-state index contributed by atoms with van der Waals surface area (Å²) in [5.74, 6) is -0.991. The number of amides is 1. The van der Waals surface area contributed by atoms with Crippen molar-refractivity contribution in [1.29, 1.82) is 0 Å². The number of phenolic OH excluding ortho intramolecular Hbond substituents is 1. The van der Waals surface area contributed by atoms with Crippen LogP contribution >= 0.6 is 0 Å². The molecule has 2 rings (SSSR count). The molecule has 17 heavy (non-hydrogen) atoms. The average Bonchev–Trinajstić information content (AvgIpc) is 2.59. The van der Waals surface area contributed by atoms with Crippen molar-refractivity contribution >= 4 is 17.7 Å². The van der Waals surface area contributed by atoms with Gasteiger partial charge < -0.3 is 14.9 Å². The maximum Gasteiger partial charge on any atom is 0.414 e. The number of carboxylic acids is 1. The number of rotatable bonds is 3. The second-order valence-electron chi connectivity index (χ2n) is 3.72. The van der Waals surface area contributed by atoms with Crippen LogP contribution in [0, 0.1) is 0 Å². The molecule has 1 saturated heterocycles. The Morgan fingerprint density at radius 3 is 2.94 bits per heavy atom. The highest BCUT2D eigenvalue weighted by molar-refractivity contribution is 5.91. The lowest BCUT2D eigenvalue weighted by Gasteiger charge is -2.19. The molecular weight excluding hydrogens is 226 g/mol. The zero-order valence-electron chi connectivity index (χ0n) is 8.87. The van der Waals surface area contributed by atoms with Gasteiger partial charge in [-0.05, 0) is 12.1 Å². The number of hydrogen-bond acceptors (Lipinski definition) is 4. The third-order valence-corrected chi connectivity index (χ3v) is 2.48. The summed E-state index contributed by atoms with van der Waals surface area (Å²) in [6, 6.07) is 5.51. The van der Waals surface area contributed by atoms with Crippen molar-refractivity contribution in [3.63, 3.8) is 0 Å². The van der Waals surface area contributed by atoms with Crippen molar-refractivity contribution in [2.75, 3.05) is 11.5 Å². The molecule has 1 unspecified atom stereocenters. The molecule has 0 aliphatic carbocycles. The first kappa shape index (κ1) is 11.3. The third-order valence-electron chi connectivity index (χ3n) is 2.48. The summed E-state index contributed by atoms with van der Waals surface area (Å²) in [6.45, 7) is 0.0424. The number of carbonyl (C=O) groups is 2. The van der Waals surface area contributed by atoms with Crippen LogP contribution in [-0.4, -0.2) is 34.9 Å². The van der Waals surface area contributed by atoms with E-state index in [4.69, 9.17) is 9.84 Å². The second-order valence-corrected chi connectivity index (χ2v) is 3.72. The molecule has 2 N–H and O–H groups in total. The van der Waals surface area contributed by atoms with E-state index in [-0.39, 0.29) is 18.8 Å². The smallest absolute Gasteiger partial charge is 0.414 e. The minimum absolute atomic E-state index is 0.0104. The van der Waals surface area contributed by atoms with Gasteiger partial charge in [-0.25, -0.2) is 4.79 Å². The fraction of sp³-hybridized carbons (Fsp3) is 0.273. The van der Waals surface area contributed by atoms with Gasteiger partial charge in [-0.1, -0.05) is 6.07 Å². The van der Waals surface area contributed by atoms with Crippen LogP contribution in [0.1, 0.15) is 6.42 Å². The third kappa shape index (κ3) is 2.30. The Hall–Kier alpha value is -2.24. The molecule has 1 heterocycles. The Balaban J connectivity index is 2.27. The average molecular weight is 237 g/mol. The first-order valence-corrected chi connectivity index (χ1v) is 5.05. The van der Waals surface area contributed by atoms with Crippen molar-refractivity contribution in [3.05, 3.63) is 24.3 Å². The van der Waals surface area contributed by atoms with Crippen LogP contribution in [0.2, 0.25) is 0 Å². The summed E-state index contributed by atoms with van der Waals surface area (Å²) in [7, 11) is 0. The lowest BCUT2D eigenvalue weighted by atomic mass is 10.2. The fourth-order valence-corrected chi connectivity index (χ4v) is 1.77. The highest BCUT2D eigenvalue weighted by Gasteiger charge is 2.35. The zero-order valence-corrected chi connectivity index (χ0v) is 8.87. The molecule has 0 saturated carbocycles. The van der Waals surface area contributed by atoms with Gasteiger partial charge in [0.2, 0.25) is 0 Å². The molecule has 1 aliphatic rings. The van der Waals surface area contributed by atoms with Crippen LogP contribution < -0.4 is 4.90 Å². The highest BCUT2D eigenvalue weighted by Crippen LogP contribution is 2.27. The molecule has 0 aromatic heterocycles. The van der Waals surface area contributed by atoms with E-state index in [2.05, 4.69) is 0 Å². The van der Waals surface area contributed by atoms with Crippen molar-refractivity contribution in [3.8, 4) is 5.75 Å². The number of hydrogen-bond donors (Lipinski definition) is 2. The molecule has 1 aromatic carbocycles. The predicted molar refractivity (Wildman–Crippen MR) is 58.0 cm³/mol. The molecule has 6 nitrogen and oxygen atoms in total. The van der Waals surface area contributed by atoms with E-state index < -0.39 is 18.1 Å². The van der Waals surface area contributed by atoms with Gasteiger partial charge in [0, 0.05) is 6.07 Å². The maximum atomic E-state index is 11.5. The molecule has 1 fully saturated rings. The summed E-state index contributed by atoms with van der Waals surface area (Å²) < 4.78 is 4.82. The van der Waals surface area contributed by atoms with Crippen LogP contribution in [0.3, 0.4) is 0 Å². The maximum absolute atomic E-state index is 11.5. The summed E-state index contributed by atoms with van der Waals surface area (Å²) in [4.78, 5) is 23.4. The van der Waals surface area contributed by atoms with Crippen LogP contribution in [0.15, 0.2) is 24.3 Å². The van der Waals surface area contributed by atoms with E-state index in [9.17, 15) is 14.7 Å². The number of ether oxygens (including phenoxy) is 1. The molecule has 90 valence electrons. The Morgan fingerprint density at radius 2 is 2.29 bits per heavy atom. The van der Waals surface area contributed by atoms with Crippen LogP contribution in [0.25, 0.3) is 0 Å². The lowest BCUT2D eigenvalue weighted by Crippen LogP contribution is -2.35. The number of aromatic hydroxyl groups is 1. The monoisotopic (exact) mass is 237 g/mol. The number of nitrogens with zero attached hydrogens (tertiary/aromatic N) is 1. The van der Waals surface area contributed by atoms with Crippen molar-refractivity contribution in [1.82, 2.24) is 0 Å². The molecule has 0 bridgehead atoms. The van der Waals surface area contributed by atoms with Gasteiger partial charge >= 0.3 is 12.1 Å².